The Morgan fingerprint density at radius 1 is 1.05 bits per heavy atom. The molecule has 2 aromatic rings. The molecule has 1 heterocycles. The summed E-state index contributed by atoms with van der Waals surface area (Å²) in [6, 6.07) is 2.89. The molecule has 0 saturated heterocycles. The molecule has 1 aromatic carbocycles. The second kappa shape index (κ2) is 4.49. The predicted octanol–water partition coefficient (Wildman–Crippen LogP) is 3.63. The quantitative estimate of drug-likeness (QED) is 0.806. The van der Waals surface area contributed by atoms with Gasteiger partial charge in [-0.1, -0.05) is 0 Å². The minimum absolute atomic E-state index is 0.104. The Morgan fingerprint density at radius 3 is 2.26 bits per heavy atom. The van der Waals surface area contributed by atoms with Gasteiger partial charge in [-0.3, -0.25) is 4.98 Å². The second-order valence-corrected chi connectivity index (χ2v) is 3.78. The van der Waals surface area contributed by atoms with Crippen molar-refractivity contribution in [2.75, 3.05) is 5.73 Å². The van der Waals surface area contributed by atoms with Crippen molar-refractivity contribution in [3.63, 3.8) is 0 Å². The van der Waals surface area contributed by atoms with E-state index in [2.05, 4.69) is 4.98 Å². The number of pyridine rings is 1. The van der Waals surface area contributed by atoms with E-state index in [1.807, 2.05) is 0 Å². The third-order valence-electron chi connectivity index (χ3n) is 2.44. The first-order chi connectivity index (χ1) is 8.79. The van der Waals surface area contributed by atoms with Gasteiger partial charge in [0.05, 0.1) is 23.1 Å². The standard InChI is InChI=1S/C12H7F5N2/c13-7-4-10(18)11(19-5-7)8-2-1-6(3-9(8)14)12(15,16)17/h1-5H,18H2. The molecule has 0 aliphatic carbocycles. The summed E-state index contributed by atoms with van der Waals surface area (Å²) in [5.74, 6) is -1.84. The van der Waals surface area contributed by atoms with Crippen molar-refractivity contribution < 1.29 is 22.0 Å². The monoisotopic (exact) mass is 274 g/mol. The number of aromatic nitrogens is 1. The first kappa shape index (κ1) is 13.3. The molecule has 2 nitrogen and oxygen atoms in total. The molecule has 0 aliphatic heterocycles. The van der Waals surface area contributed by atoms with Crippen molar-refractivity contribution in [1.82, 2.24) is 4.98 Å². The van der Waals surface area contributed by atoms with E-state index >= 15 is 0 Å². The Balaban J connectivity index is 2.52. The van der Waals surface area contributed by atoms with Crippen LogP contribution in [0.3, 0.4) is 0 Å². The average molecular weight is 274 g/mol. The van der Waals surface area contributed by atoms with Crippen LogP contribution in [0, 0.1) is 11.6 Å². The van der Waals surface area contributed by atoms with E-state index < -0.39 is 23.4 Å². The molecule has 0 saturated carbocycles. The lowest BCUT2D eigenvalue weighted by Crippen LogP contribution is -2.06. The van der Waals surface area contributed by atoms with Crippen LogP contribution in [-0.4, -0.2) is 4.98 Å². The summed E-state index contributed by atoms with van der Waals surface area (Å²) in [4.78, 5) is 3.58. The Morgan fingerprint density at radius 2 is 1.74 bits per heavy atom. The molecule has 0 radical (unpaired) electrons. The highest BCUT2D eigenvalue weighted by atomic mass is 19.4. The molecular weight excluding hydrogens is 267 g/mol. The maximum absolute atomic E-state index is 13.7. The Labute approximate surface area is 104 Å². The van der Waals surface area contributed by atoms with Crippen LogP contribution in [0.1, 0.15) is 5.56 Å². The predicted molar refractivity (Wildman–Crippen MR) is 59.0 cm³/mol. The Bertz CT molecular complexity index is 622. The molecule has 0 fully saturated rings. The van der Waals surface area contributed by atoms with Crippen LogP contribution < -0.4 is 5.73 Å². The van der Waals surface area contributed by atoms with Gasteiger partial charge in [0, 0.05) is 11.6 Å². The SMILES string of the molecule is Nc1cc(F)cnc1-c1ccc(C(F)(F)F)cc1F. The van der Waals surface area contributed by atoms with Crippen LogP contribution >= 0.6 is 0 Å². The van der Waals surface area contributed by atoms with E-state index in [1.54, 1.807) is 0 Å². The topological polar surface area (TPSA) is 38.9 Å². The summed E-state index contributed by atoms with van der Waals surface area (Å²) in [6.45, 7) is 0. The van der Waals surface area contributed by atoms with Crippen molar-refractivity contribution in [2.45, 2.75) is 6.18 Å². The number of halogens is 5. The van der Waals surface area contributed by atoms with Crippen molar-refractivity contribution >= 4 is 5.69 Å². The van der Waals surface area contributed by atoms with E-state index in [1.165, 1.54) is 0 Å². The molecule has 0 aliphatic rings. The van der Waals surface area contributed by atoms with E-state index in [4.69, 9.17) is 5.73 Å². The average Bonchev–Trinajstić information content (AvgIpc) is 2.28. The van der Waals surface area contributed by atoms with Gasteiger partial charge in [-0.05, 0) is 18.2 Å². The normalized spacial score (nSPS) is 11.6. The van der Waals surface area contributed by atoms with E-state index in [0.717, 1.165) is 18.3 Å². The van der Waals surface area contributed by atoms with Gasteiger partial charge in [0.2, 0.25) is 0 Å². The largest absolute Gasteiger partial charge is 0.416 e. The smallest absolute Gasteiger partial charge is 0.397 e. The molecule has 0 unspecified atom stereocenters. The molecule has 100 valence electrons. The summed E-state index contributed by atoms with van der Waals surface area (Å²) >= 11 is 0. The molecule has 0 atom stereocenters. The molecule has 2 rings (SSSR count). The van der Waals surface area contributed by atoms with Crippen molar-refractivity contribution in [1.29, 1.82) is 0 Å². The van der Waals surface area contributed by atoms with Crippen LogP contribution in [0.15, 0.2) is 30.5 Å². The number of hydrogen-bond donors (Lipinski definition) is 1. The Hall–Kier alpha value is -2.18. The van der Waals surface area contributed by atoms with E-state index in [9.17, 15) is 22.0 Å². The second-order valence-electron chi connectivity index (χ2n) is 3.78. The molecule has 2 N–H and O–H groups in total. The van der Waals surface area contributed by atoms with Crippen LogP contribution in [0.25, 0.3) is 11.3 Å². The number of rotatable bonds is 1. The highest BCUT2D eigenvalue weighted by molar-refractivity contribution is 5.72. The van der Waals surface area contributed by atoms with Gasteiger partial charge in [0.1, 0.15) is 11.6 Å². The highest BCUT2D eigenvalue weighted by Gasteiger charge is 2.31. The van der Waals surface area contributed by atoms with Gasteiger partial charge < -0.3 is 5.73 Å². The summed E-state index contributed by atoms with van der Waals surface area (Å²) in [7, 11) is 0. The van der Waals surface area contributed by atoms with Gasteiger partial charge in [-0.25, -0.2) is 8.78 Å². The number of alkyl halides is 3. The third-order valence-corrected chi connectivity index (χ3v) is 2.44. The molecule has 19 heavy (non-hydrogen) atoms. The zero-order chi connectivity index (χ0) is 14.2. The van der Waals surface area contributed by atoms with Crippen molar-refractivity contribution in [3.8, 4) is 11.3 Å². The maximum atomic E-state index is 13.7. The molecular formula is C12H7F5N2. The summed E-state index contributed by atoms with van der Waals surface area (Å²) in [5.41, 5.74) is 3.86. The van der Waals surface area contributed by atoms with Crippen molar-refractivity contribution in [3.05, 3.63) is 47.7 Å². The summed E-state index contributed by atoms with van der Waals surface area (Å²) in [6.07, 6.45) is -3.83. The van der Waals surface area contributed by atoms with Crippen molar-refractivity contribution in [2.24, 2.45) is 0 Å². The number of benzene rings is 1. The zero-order valence-corrected chi connectivity index (χ0v) is 9.30. The molecule has 0 spiro atoms. The number of nitrogen functional groups attached to an aromatic ring is 1. The highest BCUT2D eigenvalue weighted by Crippen LogP contribution is 2.33. The molecule has 7 heteroatoms. The number of nitrogens with zero attached hydrogens (tertiary/aromatic N) is 1. The van der Waals surface area contributed by atoms with Gasteiger partial charge >= 0.3 is 6.18 Å². The fourth-order valence-corrected chi connectivity index (χ4v) is 1.56. The lowest BCUT2D eigenvalue weighted by Gasteiger charge is -2.10. The van der Waals surface area contributed by atoms with E-state index in [-0.39, 0.29) is 16.9 Å². The first-order valence-electron chi connectivity index (χ1n) is 5.07. The van der Waals surface area contributed by atoms with Crippen LogP contribution in [0.2, 0.25) is 0 Å². The van der Waals surface area contributed by atoms with Crippen LogP contribution in [0.4, 0.5) is 27.6 Å². The van der Waals surface area contributed by atoms with E-state index in [0.29, 0.717) is 12.1 Å². The first-order valence-corrected chi connectivity index (χ1v) is 5.07. The number of hydrogen-bond acceptors (Lipinski definition) is 2. The van der Waals surface area contributed by atoms with Crippen LogP contribution in [-0.2, 0) is 6.18 Å². The Kier molecular flexibility index (Phi) is 3.13. The summed E-state index contributed by atoms with van der Waals surface area (Å²) in [5, 5.41) is 0. The fourth-order valence-electron chi connectivity index (χ4n) is 1.56. The van der Waals surface area contributed by atoms with Gasteiger partial charge in [0.25, 0.3) is 0 Å². The van der Waals surface area contributed by atoms with Gasteiger partial charge in [0.15, 0.2) is 0 Å². The third kappa shape index (κ3) is 2.64. The minimum Gasteiger partial charge on any atom is -0.397 e. The number of nitrogens with two attached hydrogens (primary N) is 1. The van der Waals surface area contributed by atoms with Crippen LogP contribution in [0.5, 0.6) is 0 Å². The fraction of sp³-hybridized carbons (Fsp3) is 0.0833. The van der Waals surface area contributed by atoms with Gasteiger partial charge in [-0.15, -0.1) is 0 Å². The van der Waals surface area contributed by atoms with Gasteiger partial charge in [-0.2, -0.15) is 13.2 Å². The number of anilines is 1. The molecule has 0 amide bonds. The molecule has 1 aromatic heterocycles. The maximum Gasteiger partial charge on any atom is 0.416 e. The zero-order valence-electron chi connectivity index (χ0n) is 9.30. The minimum atomic E-state index is -4.64. The lowest BCUT2D eigenvalue weighted by atomic mass is 10.1. The summed E-state index contributed by atoms with van der Waals surface area (Å²) < 4.78 is 63.6. The lowest BCUT2D eigenvalue weighted by molar-refractivity contribution is -0.137. The molecule has 0 bridgehead atoms.